The molecule has 3 nitrogen and oxygen atoms in total. The van der Waals surface area contributed by atoms with Crippen LogP contribution >= 0.6 is 0 Å². The molecule has 0 atom stereocenters. The van der Waals surface area contributed by atoms with Gasteiger partial charge in [0, 0.05) is 50.9 Å². The first kappa shape index (κ1) is 36.5. The summed E-state index contributed by atoms with van der Waals surface area (Å²) in [5.41, 5.74) is 13.3. The lowest BCUT2D eigenvalue weighted by atomic mass is 9.93. The quantitative estimate of drug-likeness (QED) is 0.152. The Balaban J connectivity index is 1.000. The second kappa shape index (κ2) is 15.3. The normalized spacial score (nSPS) is 11.6. The van der Waals surface area contributed by atoms with Gasteiger partial charge in [0.25, 0.3) is 0 Å². The molecule has 11 aromatic rings. The van der Waals surface area contributed by atoms with Crippen LogP contribution in [0.4, 0.5) is 34.1 Å². The van der Waals surface area contributed by atoms with E-state index in [0.717, 1.165) is 67.5 Å². The Labute approximate surface area is 367 Å². The molecule has 0 saturated heterocycles. The molecule has 0 spiro atoms. The summed E-state index contributed by atoms with van der Waals surface area (Å²) in [6.45, 7) is 0. The van der Waals surface area contributed by atoms with Crippen LogP contribution in [0.15, 0.2) is 243 Å². The average Bonchev–Trinajstić information content (AvgIpc) is 3.35. The zero-order valence-corrected chi connectivity index (χ0v) is 34.4. The molecule has 0 saturated carbocycles. The third-order valence-corrected chi connectivity index (χ3v) is 12.4. The van der Waals surface area contributed by atoms with E-state index in [1.807, 2.05) is 0 Å². The van der Waals surface area contributed by atoms with Gasteiger partial charge in [0.05, 0.1) is 17.1 Å². The Morgan fingerprint density at radius 2 is 0.714 bits per heavy atom. The van der Waals surface area contributed by atoms with Crippen molar-refractivity contribution in [1.29, 1.82) is 0 Å². The molecular formula is C60H40N2O. The van der Waals surface area contributed by atoms with E-state index in [9.17, 15) is 0 Å². The fourth-order valence-electron chi connectivity index (χ4n) is 9.41. The highest BCUT2D eigenvalue weighted by Gasteiger charge is 2.26. The minimum absolute atomic E-state index is 0.819. The van der Waals surface area contributed by atoms with Gasteiger partial charge in [-0.15, -0.1) is 0 Å². The molecule has 1 heterocycles. The maximum atomic E-state index is 7.15. The maximum Gasteiger partial charge on any atom is 0.138 e. The van der Waals surface area contributed by atoms with Gasteiger partial charge in [0.15, 0.2) is 0 Å². The van der Waals surface area contributed by atoms with Crippen LogP contribution in [0, 0.1) is 0 Å². The summed E-state index contributed by atoms with van der Waals surface area (Å²) in [6.07, 6.45) is 0. The number of hydrogen-bond donors (Lipinski definition) is 0. The van der Waals surface area contributed by atoms with Crippen LogP contribution in [0.5, 0.6) is 11.5 Å². The Morgan fingerprint density at radius 1 is 0.270 bits per heavy atom. The standard InChI is InChI=1S/C60H40N2O/c1-3-14-41(15-4-1)43-28-32-48(33-29-43)61(56-26-12-20-45-18-7-9-23-52(45)56)50-36-37-54-55-25-11-22-47-38-51(40-59(60(47)55)63-58(54)39-50)62(57-27-13-21-46-19-8-10-24-53(46)57)49-34-30-44(31-35-49)42-16-5-2-6-17-42/h1-40H. The Kier molecular flexibility index (Phi) is 8.83. The van der Waals surface area contributed by atoms with E-state index < -0.39 is 0 Å². The Morgan fingerprint density at radius 3 is 1.30 bits per heavy atom. The highest BCUT2D eigenvalue weighted by molar-refractivity contribution is 6.08. The second-order valence-corrected chi connectivity index (χ2v) is 16.1. The summed E-state index contributed by atoms with van der Waals surface area (Å²) in [6, 6.07) is 87.0. The topological polar surface area (TPSA) is 15.7 Å². The van der Waals surface area contributed by atoms with Crippen LogP contribution in [-0.4, -0.2) is 0 Å². The SMILES string of the molecule is c1ccc(-c2ccc(N(c3ccc4c(c3)Oc3cc(N(c5ccc(-c6ccccc6)cc5)c5cccc6ccccc56)cc5cccc-4c35)c3cccc4ccccc34)cc2)cc1. The molecule has 0 aromatic heterocycles. The first-order valence-corrected chi connectivity index (χ1v) is 21.5. The summed E-state index contributed by atoms with van der Waals surface area (Å²) in [5.74, 6) is 1.65. The molecule has 3 heteroatoms. The summed E-state index contributed by atoms with van der Waals surface area (Å²) in [4.78, 5) is 4.73. The van der Waals surface area contributed by atoms with Gasteiger partial charge in [-0.05, 0) is 98.6 Å². The molecule has 0 amide bonds. The van der Waals surface area contributed by atoms with Gasteiger partial charge in [-0.2, -0.15) is 0 Å². The van der Waals surface area contributed by atoms with Gasteiger partial charge in [0.1, 0.15) is 11.5 Å². The number of nitrogens with zero attached hydrogens (tertiary/aromatic N) is 2. The second-order valence-electron chi connectivity index (χ2n) is 16.1. The fraction of sp³-hybridized carbons (Fsp3) is 0. The molecule has 0 unspecified atom stereocenters. The van der Waals surface area contributed by atoms with Gasteiger partial charge >= 0.3 is 0 Å². The number of ether oxygens (including phenoxy) is 1. The van der Waals surface area contributed by atoms with Gasteiger partial charge in [-0.25, -0.2) is 0 Å². The third-order valence-electron chi connectivity index (χ3n) is 12.4. The predicted octanol–water partition coefficient (Wildman–Crippen LogP) is 17.2. The van der Waals surface area contributed by atoms with Crippen LogP contribution < -0.4 is 14.5 Å². The number of fused-ring (bicyclic) bond motifs is 4. The highest BCUT2D eigenvalue weighted by atomic mass is 16.5. The predicted molar refractivity (Wildman–Crippen MR) is 265 cm³/mol. The number of benzene rings is 11. The maximum absolute atomic E-state index is 7.15. The summed E-state index contributed by atoms with van der Waals surface area (Å²) >= 11 is 0. The smallest absolute Gasteiger partial charge is 0.138 e. The number of rotatable bonds is 8. The summed E-state index contributed by atoms with van der Waals surface area (Å²) in [7, 11) is 0. The van der Waals surface area contributed by atoms with E-state index in [1.165, 1.54) is 43.8 Å². The average molecular weight is 805 g/mol. The van der Waals surface area contributed by atoms with Crippen molar-refractivity contribution < 1.29 is 4.74 Å². The molecule has 12 rings (SSSR count). The van der Waals surface area contributed by atoms with Crippen LogP contribution in [0.2, 0.25) is 0 Å². The molecule has 0 N–H and O–H groups in total. The number of hydrogen-bond acceptors (Lipinski definition) is 3. The van der Waals surface area contributed by atoms with E-state index in [2.05, 4.69) is 252 Å². The molecule has 1 aliphatic rings. The molecule has 63 heavy (non-hydrogen) atoms. The van der Waals surface area contributed by atoms with Crippen LogP contribution in [0.25, 0.3) is 65.7 Å². The van der Waals surface area contributed by atoms with Gasteiger partial charge < -0.3 is 14.5 Å². The number of anilines is 6. The zero-order valence-electron chi connectivity index (χ0n) is 34.4. The zero-order chi connectivity index (χ0) is 41.7. The molecule has 1 aliphatic heterocycles. The molecule has 0 bridgehead atoms. The minimum Gasteiger partial charge on any atom is -0.456 e. The van der Waals surface area contributed by atoms with E-state index in [-0.39, 0.29) is 0 Å². The third kappa shape index (κ3) is 6.46. The van der Waals surface area contributed by atoms with Gasteiger partial charge in [0.2, 0.25) is 0 Å². The summed E-state index contributed by atoms with van der Waals surface area (Å²) < 4.78 is 7.15. The lowest BCUT2D eigenvalue weighted by Crippen LogP contribution is -2.12. The minimum atomic E-state index is 0.819. The first-order valence-electron chi connectivity index (χ1n) is 21.5. The van der Waals surface area contributed by atoms with Crippen molar-refractivity contribution in [2.75, 3.05) is 9.80 Å². The van der Waals surface area contributed by atoms with Crippen LogP contribution in [0.1, 0.15) is 0 Å². The fourth-order valence-corrected chi connectivity index (χ4v) is 9.41. The van der Waals surface area contributed by atoms with Crippen molar-refractivity contribution in [3.8, 4) is 44.9 Å². The Bertz CT molecular complexity index is 3460. The van der Waals surface area contributed by atoms with E-state index in [0.29, 0.717) is 0 Å². The highest BCUT2D eigenvalue weighted by Crippen LogP contribution is 2.52. The molecule has 11 aromatic carbocycles. The molecular weight excluding hydrogens is 765 g/mol. The van der Waals surface area contributed by atoms with Crippen molar-refractivity contribution in [2.45, 2.75) is 0 Å². The molecule has 0 fully saturated rings. The van der Waals surface area contributed by atoms with Crippen molar-refractivity contribution in [3.63, 3.8) is 0 Å². The van der Waals surface area contributed by atoms with Crippen LogP contribution in [0.3, 0.4) is 0 Å². The van der Waals surface area contributed by atoms with Gasteiger partial charge in [-0.1, -0.05) is 176 Å². The molecule has 0 aliphatic carbocycles. The lowest BCUT2D eigenvalue weighted by Gasteiger charge is -2.30. The van der Waals surface area contributed by atoms with Crippen molar-refractivity contribution in [2.24, 2.45) is 0 Å². The lowest BCUT2D eigenvalue weighted by molar-refractivity contribution is 0.487. The van der Waals surface area contributed by atoms with Crippen LogP contribution in [-0.2, 0) is 0 Å². The Hall–Kier alpha value is -8.40. The monoisotopic (exact) mass is 804 g/mol. The van der Waals surface area contributed by atoms with E-state index in [1.54, 1.807) is 0 Å². The first-order chi connectivity index (χ1) is 31.2. The summed E-state index contributed by atoms with van der Waals surface area (Å²) in [5, 5.41) is 6.96. The largest absolute Gasteiger partial charge is 0.456 e. The molecule has 0 radical (unpaired) electrons. The van der Waals surface area contributed by atoms with E-state index >= 15 is 0 Å². The van der Waals surface area contributed by atoms with Crippen molar-refractivity contribution in [3.05, 3.63) is 243 Å². The van der Waals surface area contributed by atoms with Gasteiger partial charge in [-0.3, -0.25) is 0 Å². The molecule has 296 valence electrons. The van der Waals surface area contributed by atoms with Crippen molar-refractivity contribution in [1.82, 2.24) is 0 Å². The van der Waals surface area contributed by atoms with E-state index in [4.69, 9.17) is 4.74 Å². The van der Waals surface area contributed by atoms with Crippen molar-refractivity contribution >= 4 is 66.4 Å².